The lowest BCUT2D eigenvalue weighted by atomic mass is 10.7. The molecule has 0 atom stereocenters. The van der Waals surface area contributed by atoms with E-state index in [1.54, 1.807) is 0 Å². The van der Waals surface area contributed by atoms with Gasteiger partial charge in [0.2, 0.25) is 0 Å². The predicted octanol–water partition coefficient (Wildman–Crippen LogP) is 0.946. The summed E-state index contributed by atoms with van der Waals surface area (Å²) >= 11 is 0. The summed E-state index contributed by atoms with van der Waals surface area (Å²) in [4.78, 5) is 0. The van der Waals surface area contributed by atoms with Crippen molar-refractivity contribution in [2.75, 3.05) is 19.8 Å². The van der Waals surface area contributed by atoms with Crippen LogP contribution in [0.2, 0.25) is 0 Å². The summed E-state index contributed by atoms with van der Waals surface area (Å²) in [5.74, 6) is 0. The third-order valence-electron chi connectivity index (χ3n) is 0.528. The van der Waals surface area contributed by atoms with Gasteiger partial charge in [0, 0.05) is 6.54 Å². The highest BCUT2D eigenvalue weighted by atomic mass is 35.5. The number of hydrogen-bond donors (Lipinski definition) is 1. The zero-order chi connectivity index (χ0) is 7.33. The molecule has 0 rings (SSSR count). The van der Waals surface area contributed by atoms with E-state index in [0.717, 1.165) is 0 Å². The lowest BCUT2D eigenvalue weighted by molar-refractivity contribution is -0.173. The fraction of sp³-hybridized carbons (Fsp3) is 1.00. The lowest BCUT2D eigenvalue weighted by Crippen LogP contribution is -2.20. The Labute approximate surface area is 62.9 Å². The molecule has 0 aromatic rings. The highest BCUT2D eigenvalue weighted by molar-refractivity contribution is 5.85. The molecule has 2 nitrogen and oxygen atoms in total. The van der Waals surface area contributed by atoms with Gasteiger partial charge in [0.05, 0.1) is 6.61 Å². The average molecular weight is 180 g/mol. The Bertz CT molecular complexity index is 77.4. The van der Waals surface area contributed by atoms with Crippen LogP contribution in [0.1, 0.15) is 0 Å². The first-order chi connectivity index (χ1) is 4.06. The Morgan fingerprint density at radius 3 is 2.10 bits per heavy atom. The van der Waals surface area contributed by atoms with Gasteiger partial charge in [-0.3, -0.25) is 0 Å². The third kappa shape index (κ3) is 10.9. The van der Waals surface area contributed by atoms with E-state index in [9.17, 15) is 13.2 Å². The van der Waals surface area contributed by atoms with Crippen molar-refractivity contribution in [2.24, 2.45) is 5.73 Å². The van der Waals surface area contributed by atoms with Gasteiger partial charge in [-0.25, -0.2) is 0 Å². The third-order valence-corrected chi connectivity index (χ3v) is 0.528. The number of ether oxygens (including phenoxy) is 1. The number of rotatable bonds is 3. The topological polar surface area (TPSA) is 35.2 Å². The van der Waals surface area contributed by atoms with Crippen molar-refractivity contribution in [3.63, 3.8) is 0 Å². The van der Waals surface area contributed by atoms with Gasteiger partial charge < -0.3 is 10.5 Å². The smallest absolute Gasteiger partial charge is 0.371 e. The van der Waals surface area contributed by atoms with Crippen LogP contribution >= 0.6 is 12.4 Å². The van der Waals surface area contributed by atoms with E-state index in [1.807, 2.05) is 0 Å². The van der Waals surface area contributed by atoms with Crippen molar-refractivity contribution in [3.05, 3.63) is 0 Å². The minimum Gasteiger partial charge on any atom is -0.371 e. The molecule has 0 unspecified atom stereocenters. The Morgan fingerprint density at radius 1 is 1.30 bits per heavy atom. The Morgan fingerprint density at radius 2 is 1.80 bits per heavy atom. The normalized spacial score (nSPS) is 10.8. The van der Waals surface area contributed by atoms with E-state index in [0.29, 0.717) is 0 Å². The second-order valence-electron chi connectivity index (χ2n) is 1.46. The first kappa shape index (κ1) is 12.7. The summed E-state index contributed by atoms with van der Waals surface area (Å²) in [5.41, 5.74) is 4.87. The quantitative estimate of drug-likeness (QED) is 0.655. The van der Waals surface area contributed by atoms with E-state index < -0.39 is 12.8 Å². The number of alkyl halides is 3. The molecule has 0 heterocycles. The molecular formula is C4H9ClF3NO. The highest BCUT2D eigenvalue weighted by Gasteiger charge is 2.26. The number of nitrogens with two attached hydrogens (primary N) is 1. The summed E-state index contributed by atoms with van der Waals surface area (Å²) in [5, 5.41) is 0. The van der Waals surface area contributed by atoms with Crippen molar-refractivity contribution in [1.29, 1.82) is 0 Å². The van der Waals surface area contributed by atoms with Crippen LogP contribution in [0.3, 0.4) is 0 Å². The molecule has 0 aromatic carbocycles. The molecular weight excluding hydrogens is 170 g/mol. The summed E-state index contributed by atoms with van der Waals surface area (Å²) in [6, 6.07) is 0. The molecule has 0 spiro atoms. The molecule has 0 radical (unpaired) electrons. The van der Waals surface area contributed by atoms with Gasteiger partial charge in [-0.1, -0.05) is 0 Å². The van der Waals surface area contributed by atoms with E-state index in [1.165, 1.54) is 0 Å². The Kier molecular flexibility index (Phi) is 7.29. The van der Waals surface area contributed by atoms with Crippen molar-refractivity contribution in [2.45, 2.75) is 6.18 Å². The predicted molar refractivity (Wildman–Crippen MR) is 33.2 cm³/mol. The molecule has 64 valence electrons. The van der Waals surface area contributed by atoms with Crippen LogP contribution in [0, 0.1) is 0 Å². The molecule has 0 aliphatic heterocycles. The van der Waals surface area contributed by atoms with Gasteiger partial charge >= 0.3 is 6.18 Å². The standard InChI is InChI=1S/C4H8F3NO.ClH/c5-4(6,7)3-9-2-1-8;/h1-3,8H2;1H. The number of halogens is 4. The zero-order valence-corrected chi connectivity index (χ0v) is 5.97. The summed E-state index contributed by atoms with van der Waals surface area (Å²) < 4.78 is 37.7. The molecule has 6 heteroatoms. The molecule has 0 aliphatic rings. The minimum absolute atomic E-state index is 0. The minimum atomic E-state index is -4.23. The van der Waals surface area contributed by atoms with Crippen molar-refractivity contribution in [3.8, 4) is 0 Å². The van der Waals surface area contributed by atoms with Crippen molar-refractivity contribution < 1.29 is 17.9 Å². The fourth-order valence-electron chi connectivity index (χ4n) is 0.271. The van der Waals surface area contributed by atoms with Crippen LogP contribution in [0.25, 0.3) is 0 Å². The molecule has 0 saturated carbocycles. The van der Waals surface area contributed by atoms with Crippen molar-refractivity contribution >= 4 is 12.4 Å². The Balaban J connectivity index is 0. The molecule has 2 N–H and O–H groups in total. The van der Waals surface area contributed by atoms with E-state index in [-0.39, 0.29) is 25.6 Å². The van der Waals surface area contributed by atoms with E-state index in [2.05, 4.69) is 4.74 Å². The maximum Gasteiger partial charge on any atom is 0.411 e. The first-order valence-corrected chi connectivity index (χ1v) is 2.41. The van der Waals surface area contributed by atoms with Crippen molar-refractivity contribution in [1.82, 2.24) is 0 Å². The van der Waals surface area contributed by atoms with Crippen LogP contribution in [-0.4, -0.2) is 25.9 Å². The summed E-state index contributed by atoms with van der Waals surface area (Å²) in [7, 11) is 0. The Hall–Kier alpha value is -0.0000000000000000555. The van der Waals surface area contributed by atoms with Crippen LogP contribution < -0.4 is 5.73 Å². The van der Waals surface area contributed by atoms with Crippen LogP contribution in [-0.2, 0) is 4.74 Å². The monoisotopic (exact) mass is 179 g/mol. The first-order valence-electron chi connectivity index (χ1n) is 2.41. The van der Waals surface area contributed by atoms with Gasteiger partial charge in [0.25, 0.3) is 0 Å². The summed E-state index contributed by atoms with van der Waals surface area (Å²) in [6.07, 6.45) is -4.23. The average Bonchev–Trinajstić information content (AvgIpc) is 1.63. The fourth-order valence-corrected chi connectivity index (χ4v) is 0.271. The van der Waals surface area contributed by atoms with Gasteiger partial charge in [0.1, 0.15) is 6.61 Å². The highest BCUT2D eigenvalue weighted by Crippen LogP contribution is 2.13. The maximum absolute atomic E-state index is 11.2. The maximum atomic E-state index is 11.2. The van der Waals surface area contributed by atoms with Crippen LogP contribution in [0.5, 0.6) is 0 Å². The molecule has 0 aliphatic carbocycles. The SMILES string of the molecule is Cl.NCCOCC(F)(F)F. The largest absolute Gasteiger partial charge is 0.411 e. The zero-order valence-electron chi connectivity index (χ0n) is 5.15. The van der Waals surface area contributed by atoms with Crippen LogP contribution in [0.15, 0.2) is 0 Å². The summed E-state index contributed by atoms with van der Waals surface area (Å²) in [6.45, 7) is -1.13. The molecule has 0 fully saturated rings. The van der Waals surface area contributed by atoms with E-state index >= 15 is 0 Å². The molecule has 0 saturated heterocycles. The second kappa shape index (κ2) is 5.76. The molecule has 10 heavy (non-hydrogen) atoms. The lowest BCUT2D eigenvalue weighted by Gasteiger charge is -2.04. The van der Waals surface area contributed by atoms with E-state index in [4.69, 9.17) is 5.73 Å². The van der Waals surface area contributed by atoms with Gasteiger partial charge in [-0.15, -0.1) is 12.4 Å². The molecule has 0 bridgehead atoms. The molecule has 0 aromatic heterocycles. The second-order valence-corrected chi connectivity index (χ2v) is 1.46. The van der Waals surface area contributed by atoms with Crippen LogP contribution in [0.4, 0.5) is 13.2 Å². The van der Waals surface area contributed by atoms with Gasteiger partial charge in [-0.05, 0) is 0 Å². The van der Waals surface area contributed by atoms with Gasteiger partial charge in [0.15, 0.2) is 0 Å². The van der Waals surface area contributed by atoms with Gasteiger partial charge in [-0.2, -0.15) is 13.2 Å². The number of hydrogen-bond acceptors (Lipinski definition) is 2. The molecule has 0 amide bonds.